The number of aromatic nitrogens is 2. The van der Waals surface area contributed by atoms with E-state index in [4.69, 9.17) is 4.74 Å². The number of aryl methyl sites for hydroxylation is 1. The van der Waals surface area contributed by atoms with E-state index in [9.17, 15) is 9.59 Å². The maximum absolute atomic E-state index is 11.8. The standard InChI is InChI=1S/C16H18N2O3S/c1-4-13-10(2)14(19)18-16(17-13)22-9-11-6-5-7-12(8-11)15(20)21-3/h5-8H,4,9H2,1-3H3,(H,17,18,19). The van der Waals surface area contributed by atoms with E-state index < -0.39 is 0 Å². The molecule has 0 bridgehead atoms. The molecule has 5 nitrogen and oxygen atoms in total. The van der Waals surface area contributed by atoms with E-state index in [-0.39, 0.29) is 11.5 Å². The number of hydrogen-bond acceptors (Lipinski definition) is 5. The molecule has 0 unspecified atom stereocenters. The van der Waals surface area contributed by atoms with E-state index in [1.165, 1.54) is 18.9 Å². The number of esters is 1. The average Bonchev–Trinajstić information content (AvgIpc) is 2.55. The Balaban J connectivity index is 2.15. The summed E-state index contributed by atoms with van der Waals surface area (Å²) in [6, 6.07) is 7.23. The maximum Gasteiger partial charge on any atom is 0.337 e. The number of nitrogens with zero attached hydrogens (tertiary/aromatic N) is 1. The fourth-order valence-electron chi connectivity index (χ4n) is 2.03. The smallest absolute Gasteiger partial charge is 0.337 e. The van der Waals surface area contributed by atoms with Crippen molar-refractivity contribution in [3.05, 3.63) is 57.0 Å². The van der Waals surface area contributed by atoms with Crippen molar-refractivity contribution >= 4 is 17.7 Å². The highest BCUT2D eigenvalue weighted by Crippen LogP contribution is 2.20. The zero-order valence-electron chi connectivity index (χ0n) is 12.8. The van der Waals surface area contributed by atoms with Crippen LogP contribution in [-0.4, -0.2) is 23.0 Å². The van der Waals surface area contributed by atoms with Gasteiger partial charge in [-0.05, 0) is 31.0 Å². The molecular weight excluding hydrogens is 300 g/mol. The predicted molar refractivity (Wildman–Crippen MR) is 86.3 cm³/mol. The fourth-order valence-corrected chi connectivity index (χ4v) is 2.85. The van der Waals surface area contributed by atoms with E-state index in [1.54, 1.807) is 19.1 Å². The van der Waals surface area contributed by atoms with Gasteiger partial charge >= 0.3 is 5.97 Å². The Bertz CT molecular complexity index is 740. The van der Waals surface area contributed by atoms with Crippen molar-refractivity contribution in [3.8, 4) is 0 Å². The number of carbonyl (C=O) groups is 1. The monoisotopic (exact) mass is 318 g/mol. The topological polar surface area (TPSA) is 72.0 Å². The lowest BCUT2D eigenvalue weighted by atomic mass is 10.1. The van der Waals surface area contributed by atoms with Crippen LogP contribution < -0.4 is 5.56 Å². The molecule has 116 valence electrons. The second-order valence-corrected chi connectivity index (χ2v) is 5.74. The largest absolute Gasteiger partial charge is 0.465 e. The van der Waals surface area contributed by atoms with Crippen LogP contribution in [0.3, 0.4) is 0 Å². The van der Waals surface area contributed by atoms with Crippen molar-refractivity contribution in [2.75, 3.05) is 7.11 Å². The lowest BCUT2D eigenvalue weighted by Crippen LogP contribution is -2.15. The number of thioether (sulfide) groups is 1. The molecular formula is C16H18N2O3S. The maximum atomic E-state index is 11.8. The quantitative estimate of drug-likeness (QED) is 0.521. The molecule has 0 saturated heterocycles. The summed E-state index contributed by atoms with van der Waals surface area (Å²) in [5, 5.41) is 0.593. The van der Waals surface area contributed by atoms with Gasteiger partial charge in [0, 0.05) is 11.3 Å². The molecule has 0 aliphatic carbocycles. The van der Waals surface area contributed by atoms with E-state index in [0.717, 1.165) is 17.7 Å². The Morgan fingerprint density at radius 2 is 2.18 bits per heavy atom. The number of rotatable bonds is 5. The average molecular weight is 318 g/mol. The van der Waals surface area contributed by atoms with Gasteiger partial charge in [0.05, 0.1) is 18.4 Å². The molecule has 6 heteroatoms. The second kappa shape index (κ2) is 7.26. The van der Waals surface area contributed by atoms with Crippen LogP contribution in [0.15, 0.2) is 34.2 Å². The van der Waals surface area contributed by atoms with Crippen LogP contribution in [0.1, 0.15) is 34.1 Å². The molecule has 1 N–H and O–H groups in total. The number of ether oxygens (including phenoxy) is 1. The molecule has 2 aromatic rings. The minimum Gasteiger partial charge on any atom is -0.465 e. The second-order valence-electron chi connectivity index (χ2n) is 4.78. The molecule has 0 spiro atoms. The fraction of sp³-hybridized carbons (Fsp3) is 0.312. The van der Waals surface area contributed by atoms with Crippen molar-refractivity contribution in [2.24, 2.45) is 0 Å². The summed E-state index contributed by atoms with van der Waals surface area (Å²) in [6.45, 7) is 3.75. The molecule has 0 atom stereocenters. The first-order chi connectivity index (χ1) is 10.5. The highest BCUT2D eigenvalue weighted by molar-refractivity contribution is 7.98. The van der Waals surface area contributed by atoms with Gasteiger partial charge in [0.1, 0.15) is 0 Å². The summed E-state index contributed by atoms with van der Waals surface area (Å²) in [5.41, 5.74) is 2.86. The van der Waals surface area contributed by atoms with E-state index in [1.807, 2.05) is 19.1 Å². The van der Waals surface area contributed by atoms with Crippen LogP contribution in [0.2, 0.25) is 0 Å². The molecule has 1 aromatic carbocycles. The Hall–Kier alpha value is -2.08. The van der Waals surface area contributed by atoms with Crippen LogP contribution in [0.5, 0.6) is 0 Å². The molecule has 22 heavy (non-hydrogen) atoms. The van der Waals surface area contributed by atoms with Gasteiger partial charge in [0.15, 0.2) is 5.16 Å². The van der Waals surface area contributed by atoms with Gasteiger partial charge < -0.3 is 9.72 Å². The minimum atomic E-state index is -0.359. The summed E-state index contributed by atoms with van der Waals surface area (Å²) >= 11 is 1.44. The summed E-state index contributed by atoms with van der Waals surface area (Å²) < 4.78 is 4.71. The van der Waals surface area contributed by atoms with Crippen molar-refractivity contribution < 1.29 is 9.53 Å². The molecule has 1 heterocycles. The normalized spacial score (nSPS) is 10.5. The zero-order valence-corrected chi connectivity index (χ0v) is 13.6. The van der Waals surface area contributed by atoms with Crippen LogP contribution >= 0.6 is 11.8 Å². The highest BCUT2D eigenvalue weighted by Gasteiger charge is 2.08. The van der Waals surface area contributed by atoms with Crippen molar-refractivity contribution in [3.63, 3.8) is 0 Å². The molecule has 1 aromatic heterocycles. The molecule has 2 rings (SSSR count). The van der Waals surface area contributed by atoms with E-state index >= 15 is 0 Å². The third-order valence-corrected chi connectivity index (χ3v) is 4.23. The van der Waals surface area contributed by atoms with Gasteiger partial charge in [-0.1, -0.05) is 30.8 Å². The molecule has 0 saturated carbocycles. The lowest BCUT2D eigenvalue weighted by Gasteiger charge is -2.06. The first-order valence-corrected chi connectivity index (χ1v) is 7.93. The van der Waals surface area contributed by atoms with Gasteiger partial charge in [0.25, 0.3) is 5.56 Å². The third-order valence-electron chi connectivity index (χ3n) is 3.29. The summed E-state index contributed by atoms with van der Waals surface area (Å²) in [4.78, 5) is 30.6. The Morgan fingerprint density at radius 3 is 2.86 bits per heavy atom. The van der Waals surface area contributed by atoms with Gasteiger partial charge in [-0.15, -0.1) is 0 Å². The number of hydrogen-bond donors (Lipinski definition) is 1. The first-order valence-electron chi connectivity index (χ1n) is 6.95. The number of aromatic amines is 1. The number of H-pyrrole nitrogens is 1. The SMILES string of the molecule is CCc1nc(SCc2cccc(C(=O)OC)c2)[nH]c(=O)c1C. The predicted octanol–water partition coefficient (Wildman–Crippen LogP) is 2.72. The van der Waals surface area contributed by atoms with Gasteiger partial charge in [0.2, 0.25) is 0 Å². The van der Waals surface area contributed by atoms with Crippen LogP contribution in [0.4, 0.5) is 0 Å². The Labute approximate surface area is 133 Å². The molecule has 0 radical (unpaired) electrons. The number of nitrogens with one attached hydrogen (secondary N) is 1. The molecule has 0 aliphatic heterocycles. The highest BCUT2D eigenvalue weighted by atomic mass is 32.2. The molecule has 0 fully saturated rings. The summed E-state index contributed by atoms with van der Waals surface area (Å²) in [7, 11) is 1.36. The van der Waals surface area contributed by atoms with E-state index in [0.29, 0.717) is 22.0 Å². The van der Waals surface area contributed by atoms with Crippen LogP contribution in [0, 0.1) is 6.92 Å². The van der Waals surface area contributed by atoms with Crippen molar-refractivity contribution in [1.82, 2.24) is 9.97 Å². The zero-order chi connectivity index (χ0) is 16.1. The van der Waals surface area contributed by atoms with Crippen molar-refractivity contribution in [2.45, 2.75) is 31.2 Å². The van der Waals surface area contributed by atoms with Crippen LogP contribution in [-0.2, 0) is 16.9 Å². The van der Waals surface area contributed by atoms with Gasteiger partial charge in [-0.25, -0.2) is 9.78 Å². The minimum absolute atomic E-state index is 0.0994. The molecule has 0 aliphatic rings. The van der Waals surface area contributed by atoms with E-state index in [2.05, 4.69) is 9.97 Å². The summed E-state index contributed by atoms with van der Waals surface area (Å²) in [6.07, 6.45) is 0.723. The summed E-state index contributed by atoms with van der Waals surface area (Å²) in [5.74, 6) is 0.252. The van der Waals surface area contributed by atoms with Crippen molar-refractivity contribution in [1.29, 1.82) is 0 Å². The first kappa shape index (κ1) is 16.3. The van der Waals surface area contributed by atoms with Gasteiger partial charge in [-0.2, -0.15) is 0 Å². The molecule has 0 amide bonds. The lowest BCUT2D eigenvalue weighted by molar-refractivity contribution is 0.0600. The van der Waals surface area contributed by atoms with Gasteiger partial charge in [-0.3, -0.25) is 4.79 Å². The van der Waals surface area contributed by atoms with Crippen LogP contribution in [0.25, 0.3) is 0 Å². The number of benzene rings is 1. The Kier molecular flexibility index (Phi) is 5.38. The Morgan fingerprint density at radius 1 is 1.41 bits per heavy atom. The number of carbonyl (C=O) groups excluding carboxylic acids is 1. The number of methoxy groups -OCH3 is 1. The third kappa shape index (κ3) is 3.76.